The molecule has 3 N–H and O–H groups in total. The quantitative estimate of drug-likeness (QED) is 0.617. The van der Waals surface area contributed by atoms with E-state index in [9.17, 15) is 14.4 Å². The number of hydrogen-bond acceptors (Lipinski definition) is 5. The van der Waals surface area contributed by atoms with E-state index in [1.54, 1.807) is 44.2 Å². The molecule has 3 amide bonds. The fourth-order valence-corrected chi connectivity index (χ4v) is 2.56. The molecule has 8 heteroatoms. The summed E-state index contributed by atoms with van der Waals surface area (Å²) >= 11 is 0. The second-order valence-electron chi connectivity index (χ2n) is 6.97. The summed E-state index contributed by atoms with van der Waals surface area (Å²) in [6.07, 6.45) is 0. The molecule has 30 heavy (non-hydrogen) atoms. The lowest BCUT2D eigenvalue weighted by Crippen LogP contribution is -2.33. The molecule has 160 valence electrons. The molecule has 2 aromatic carbocycles. The molecule has 0 aliphatic rings. The Morgan fingerprint density at radius 1 is 0.933 bits per heavy atom. The Morgan fingerprint density at radius 2 is 1.63 bits per heavy atom. The molecule has 2 rings (SSSR count). The zero-order valence-electron chi connectivity index (χ0n) is 17.8. The largest absolute Gasteiger partial charge is 0.493 e. The zero-order chi connectivity index (χ0) is 22.3. The van der Waals surface area contributed by atoms with Gasteiger partial charge in [-0.05, 0) is 42.8 Å². The number of aryl methyl sites for hydroxylation is 1. The summed E-state index contributed by atoms with van der Waals surface area (Å²) in [4.78, 5) is 36.5. The maximum Gasteiger partial charge on any atom is 0.251 e. The smallest absolute Gasteiger partial charge is 0.251 e. The van der Waals surface area contributed by atoms with E-state index in [-0.39, 0.29) is 24.3 Å². The Bertz CT molecular complexity index is 940. The minimum atomic E-state index is -0.416. The molecule has 2 aromatic rings. The van der Waals surface area contributed by atoms with Crippen molar-refractivity contribution in [3.8, 4) is 11.5 Å². The van der Waals surface area contributed by atoms with Gasteiger partial charge in [-0.1, -0.05) is 19.9 Å². The van der Waals surface area contributed by atoms with Crippen LogP contribution in [0.2, 0.25) is 0 Å². The fourth-order valence-electron chi connectivity index (χ4n) is 2.56. The first-order valence-corrected chi connectivity index (χ1v) is 9.46. The Hall–Kier alpha value is -3.55. The third-order valence-corrected chi connectivity index (χ3v) is 4.36. The van der Waals surface area contributed by atoms with Gasteiger partial charge in [-0.15, -0.1) is 0 Å². The van der Waals surface area contributed by atoms with Crippen LogP contribution in [0.1, 0.15) is 29.8 Å². The Kier molecular flexibility index (Phi) is 7.80. The van der Waals surface area contributed by atoms with E-state index < -0.39 is 5.91 Å². The highest BCUT2D eigenvalue weighted by molar-refractivity contribution is 6.00. The van der Waals surface area contributed by atoms with Gasteiger partial charge in [-0.25, -0.2) is 0 Å². The van der Waals surface area contributed by atoms with Crippen molar-refractivity contribution in [1.29, 1.82) is 0 Å². The molecule has 0 saturated carbocycles. The number of methoxy groups -OCH3 is 2. The molecule has 0 bridgehead atoms. The molecule has 0 heterocycles. The number of anilines is 2. The van der Waals surface area contributed by atoms with Crippen molar-refractivity contribution < 1.29 is 23.9 Å². The van der Waals surface area contributed by atoms with Gasteiger partial charge < -0.3 is 25.4 Å². The number of nitrogens with one attached hydrogen (secondary N) is 3. The topological polar surface area (TPSA) is 106 Å². The van der Waals surface area contributed by atoms with Gasteiger partial charge >= 0.3 is 0 Å². The van der Waals surface area contributed by atoms with Crippen LogP contribution in [0.5, 0.6) is 11.5 Å². The van der Waals surface area contributed by atoms with Crippen LogP contribution in [-0.2, 0) is 9.59 Å². The first kappa shape index (κ1) is 22.7. The van der Waals surface area contributed by atoms with Crippen LogP contribution < -0.4 is 25.4 Å². The lowest BCUT2D eigenvalue weighted by Gasteiger charge is -2.13. The van der Waals surface area contributed by atoms with Gasteiger partial charge in [-0.2, -0.15) is 0 Å². The van der Waals surface area contributed by atoms with Crippen LogP contribution in [-0.4, -0.2) is 38.5 Å². The average molecular weight is 413 g/mol. The Morgan fingerprint density at radius 3 is 2.27 bits per heavy atom. The van der Waals surface area contributed by atoms with E-state index in [0.717, 1.165) is 5.56 Å². The maximum absolute atomic E-state index is 12.3. The molecule has 0 saturated heterocycles. The number of hydrogen-bond donors (Lipinski definition) is 3. The highest BCUT2D eigenvalue weighted by Crippen LogP contribution is 2.27. The minimum absolute atomic E-state index is 0.113. The molecule has 0 fully saturated rings. The summed E-state index contributed by atoms with van der Waals surface area (Å²) in [5.41, 5.74) is 2.32. The average Bonchev–Trinajstić information content (AvgIpc) is 2.73. The Balaban J connectivity index is 1.99. The molecule has 0 aliphatic heterocycles. The second-order valence-corrected chi connectivity index (χ2v) is 6.97. The van der Waals surface area contributed by atoms with E-state index >= 15 is 0 Å². The van der Waals surface area contributed by atoms with Crippen LogP contribution >= 0.6 is 0 Å². The lowest BCUT2D eigenvalue weighted by molar-refractivity contribution is -0.119. The summed E-state index contributed by atoms with van der Waals surface area (Å²) in [6, 6.07) is 9.99. The molecule has 0 spiro atoms. The van der Waals surface area contributed by atoms with Gasteiger partial charge in [0.15, 0.2) is 11.5 Å². The van der Waals surface area contributed by atoms with Gasteiger partial charge in [0.05, 0.1) is 20.8 Å². The molecule has 0 aromatic heterocycles. The van der Waals surface area contributed by atoms with Crippen molar-refractivity contribution in [1.82, 2.24) is 5.32 Å². The summed E-state index contributed by atoms with van der Waals surface area (Å²) in [5.74, 6) is -0.147. The van der Waals surface area contributed by atoms with Crippen LogP contribution in [0, 0.1) is 12.8 Å². The van der Waals surface area contributed by atoms with E-state index in [1.165, 1.54) is 20.3 Å². The maximum atomic E-state index is 12.3. The Labute approximate surface area is 175 Å². The number of amides is 3. The van der Waals surface area contributed by atoms with Crippen LogP contribution in [0.25, 0.3) is 0 Å². The molecule has 8 nitrogen and oxygen atoms in total. The minimum Gasteiger partial charge on any atom is -0.493 e. The zero-order valence-corrected chi connectivity index (χ0v) is 17.8. The highest BCUT2D eigenvalue weighted by atomic mass is 16.5. The van der Waals surface area contributed by atoms with E-state index in [0.29, 0.717) is 28.4 Å². The first-order valence-electron chi connectivity index (χ1n) is 9.46. The summed E-state index contributed by atoms with van der Waals surface area (Å²) in [5, 5.41) is 8.11. The molecular formula is C22H27N3O5. The van der Waals surface area contributed by atoms with Crippen molar-refractivity contribution in [2.24, 2.45) is 5.92 Å². The number of carbonyl (C=O) groups is 3. The highest BCUT2D eigenvalue weighted by Gasteiger charge is 2.13. The fraction of sp³-hybridized carbons (Fsp3) is 0.318. The van der Waals surface area contributed by atoms with Crippen molar-refractivity contribution in [2.75, 3.05) is 31.4 Å². The van der Waals surface area contributed by atoms with Crippen LogP contribution in [0.4, 0.5) is 11.4 Å². The SMILES string of the molecule is COc1ccc(C(=O)NCC(=O)Nc2cc(NC(=O)C(C)C)ccc2C)cc1OC. The van der Waals surface area contributed by atoms with Crippen molar-refractivity contribution in [3.63, 3.8) is 0 Å². The molecule has 0 atom stereocenters. The van der Waals surface area contributed by atoms with E-state index in [1.807, 2.05) is 6.92 Å². The summed E-state index contributed by atoms with van der Waals surface area (Å²) in [6.45, 7) is 5.22. The third kappa shape index (κ3) is 5.97. The predicted molar refractivity (Wildman–Crippen MR) is 115 cm³/mol. The monoisotopic (exact) mass is 413 g/mol. The van der Waals surface area contributed by atoms with E-state index in [4.69, 9.17) is 9.47 Å². The second kappa shape index (κ2) is 10.3. The van der Waals surface area contributed by atoms with Crippen LogP contribution in [0.3, 0.4) is 0 Å². The van der Waals surface area contributed by atoms with Gasteiger partial charge in [0, 0.05) is 22.9 Å². The molecule has 0 unspecified atom stereocenters. The third-order valence-electron chi connectivity index (χ3n) is 4.36. The first-order chi connectivity index (χ1) is 14.2. The lowest BCUT2D eigenvalue weighted by atomic mass is 10.1. The number of ether oxygens (including phenoxy) is 2. The van der Waals surface area contributed by atoms with Crippen molar-refractivity contribution in [2.45, 2.75) is 20.8 Å². The number of benzene rings is 2. The molecular weight excluding hydrogens is 386 g/mol. The molecule has 0 radical (unpaired) electrons. The number of carbonyl (C=O) groups excluding carboxylic acids is 3. The van der Waals surface area contributed by atoms with Crippen LogP contribution in [0.15, 0.2) is 36.4 Å². The summed E-state index contributed by atoms with van der Waals surface area (Å²) < 4.78 is 10.3. The predicted octanol–water partition coefficient (Wildman–Crippen LogP) is 2.98. The molecule has 0 aliphatic carbocycles. The van der Waals surface area contributed by atoms with Crippen molar-refractivity contribution in [3.05, 3.63) is 47.5 Å². The standard InChI is InChI=1S/C22H27N3O5/c1-13(2)21(27)24-16-8-6-14(3)17(11-16)25-20(26)12-23-22(28)15-7-9-18(29-4)19(10-15)30-5/h6-11,13H,12H2,1-5H3,(H,23,28)(H,24,27)(H,25,26). The van der Waals surface area contributed by atoms with Gasteiger partial charge in [0.1, 0.15) is 0 Å². The normalized spacial score (nSPS) is 10.3. The number of rotatable bonds is 8. The van der Waals surface area contributed by atoms with Gasteiger partial charge in [0.25, 0.3) is 5.91 Å². The van der Waals surface area contributed by atoms with Crippen molar-refractivity contribution >= 4 is 29.1 Å². The summed E-state index contributed by atoms with van der Waals surface area (Å²) in [7, 11) is 2.99. The van der Waals surface area contributed by atoms with Gasteiger partial charge in [-0.3, -0.25) is 14.4 Å². The van der Waals surface area contributed by atoms with E-state index in [2.05, 4.69) is 16.0 Å². The van der Waals surface area contributed by atoms with Gasteiger partial charge in [0.2, 0.25) is 11.8 Å².